The first-order chi connectivity index (χ1) is 4.72. The van der Waals surface area contributed by atoms with E-state index in [1.807, 2.05) is 6.92 Å². The fourth-order valence-electron chi connectivity index (χ4n) is 0.797. The summed E-state index contributed by atoms with van der Waals surface area (Å²) < 4.78 is 0. The fourth-order valence-corrected chi connectivity index (χ4v) is 0.797. The lowest BCUT2D eigenvalue weighted by molar-refractivity contribution is 0.513. The molecule has 52 valence electrons. The minimum Gasteiger partial charge on any atom is -0.508 e. The Hall–Kier alpha value is -1.31. The number of rotatable bonds is 1. The average Bonchev–Trinajstić information content (AvgIpc) is 1.88. The van der Waals surface area contributed by atoms with Gasteiger partial charge < -0.3 is 5.11 Å². The van der Waals surface area contributed by atoms with Crippen LogP contribution in [0.25, 0.3) is 5.76 Å². The van der Waals surface area contributed by atoms with Crippen molar-refractivity contribution in [3.05, 3.63) is 36.2 Å². The first-order valence-corrected chi connectivity index (χ1v) is 3.00. The van der Waals surface area contributed by atoms with Crippen molar-refractivity contribution in [2.45, 2.75) is 6.92 Å². The second kappa shape index (κ2) is 2.52. The first kappa shape index (κ1) is 6.81. The van der Waals surface area contributed by atoms with Crippen molar-refractivity contribution in [1.82, 2.24) is 4.98 Å². The number of aryl methyl sites for hydroxylation is 1. The van der Waals surface area contributed by atoms with Gasteiger partial charge in [-0.05, 0) is 18.6 Å². The van der Waals surface area contributed by atoms with Gasteiger partial charge in [-0.15, -0.1) is 0 Å². The van der Waals surface area contributed by atoms with E-state index in [2.05, 4.69) is 11.6 Å². The van der Waals surface area contributed by atoms with Gasteiger partial charge >= 0.3 is 0 Å². The minimum atomic E-state index is 0.0971. The van der Waals surface area contributed by atoms with E-state index in [-0.39, 0.29) is 5.76 Å². The molecule has 0 aliphatic carbocycles. The highest BCUT2D eigenvalue weighted by atomic mass is 16.3. The third-order valence-corrected chi connectivity index (χ3v) is 1.33. The lowest BCUT2D eigenvalue weighted by Crippen LogP contribution is -1.86. The highest BCUT2D eigenvalue weighted by Crippen LogP contribution is 2.11. The molecule has 0 amide bonds. The fraction of sp³-hybridized carbons (Fsp3) is 0.125. The molecule has 0 saturated heterocycles. The Kier molecular flexibility index (Phi) is 1.71. The zero-order valence-corrected chi connectivity index (χ0v) is 5.83. The number of aliphatic hydroxyl groups excluding tert-OH is 1. The summed E-state index contributed by atoms with van der Waals surface area (Å²) in [4.78, 5) is 3.88. The van der Waals surface area contributed by atoms with Crippen molar-refractivity contribution in [3.8, 4) is 0 Å². The van der Waals surface area contributed by atoms with Crippen LogP contribution >= 0.6 is 0 Å². The van der Waals surface area contributed by atoms with E-state index < -0.39 is 0 Å². The average molecular weight is 135 g/mol. The molecule has 0 aliphatic heterocycles. The molecule has 2 heteroatoms. The second-order valence-corrected chi connectivity index (χ2v) is 2.14. The number of hydrogen-bond donors (Lipinski definition) is 1. The Morgan fingerprint density at radius 1 is 1.70 bits per heavy atom. The van der Waals surface area contributed by atoms with Crippen molar-refractivity contribution in [2.75, 3.05) is 0 Å². The Balaban J connectivity index is 3.15. The molecule has 1 aromatic heterocycles. The molecule has 2 nitrogen and oxygen atoms in total. The highest BCUT2D eigenvalue weighted by molar-refractivity contribution is 5.58. The van der Waals surface area contributed by atoms with Crippen LogP contribution in [-0.4, -0.2) is 10.1 Å². The Morgan fingerprint density at radius 2 is 2.40 bits per heavy atom. The van der Waals surface area contributed by atoms with Gasteiger partial charge in [-0.25, -0.2) is 0 Å². The topological polar surface area (TPSA) is 33.1 Å². The number of pyridine rings is 1. The molecule has 10 heavy (non-hydrogen) atoms. The predicted octanol–water partition coefficient (Wildman–Crippen LogP) is 1.92. The molecule has 0 spiro atoms. The standard InChI is InChI=1S/C8H9NO/c1-6-5-9-4-3-8(6)7(2)10/h3-5,10H,2H2,1H3. The van der Waals surface area contributed by atoms with Crippen molar-refractivity contribution in [2.24, 2.45) is 0 Å². The van der Waals surface area contributed by atoms with Gasteiger partial charge in [-0.3, -0.25) is 4.98 Å². The molecule has 0 atom stereocenters. The van der Waals surface area contributed by atoms with Crippen LogP contribution in [0.3, 0.4) is 0 Å². The third kappa shape index (κ3) is 1.16. The number of aromatic nitrogens is 1. The summed E-state index contributed by atoms with van der Waals surface area (Å²) in [5, 5.41) is 8.98. The lowest BCUT2D eigenvalue weighted by Gasteiger charge is -1.99. The molecule has 0 fully saturated rings. The molecule has 0 aromatic carbocycles. The summed E-state index contributed by atoms with van der Waals surface area (Å²) >= 11 is 0. The summed E-state index contributed by atoms with van der Waals surface area (Å²) in [6.45, 7) is 5.29. The van der Waals surface area contributed by atoms with Crippen LogP contribution in [0.1, 0.15) is 11.1 Å². The first-order valence-electron chi connectivity index (χ1n) is 3.00. The van der Waals surface area contributed by atoms with E-state index in [0.717, 1.165) is 11.1 Å². The van der Waals surface area contributed by atoms with Gasteiger partial charge in [0.15, 0.2) is 0 Å². The molecule has 0 radical (unpaired) electrons. The molecule has 1 aromatic rings. The quantitative estimate of drug-likeness (QED) is 0.597. The van der Waals surface area contributed by atoms with Gasteiger partial charge in [0.25, 0.3) is 0 Å². The predicted molar refractivity (Wildman–Crippen MR) is 40.6 cm³/mol. The SMILES string of the molecule is C=C(O)c1ccncc1C. The van der Waals surface area contributed by atoms with Crippen LogP contribution in [-0.2, 0) is 0 Å². The third-order valence-electron chi connectivity index (χ3n) is 1.33. The summed E-state index contributed by atoms with van der Waals surface area (Å²) in [5.41, 5.74) is 1.70. The summed E-state index contributed by atoms with van der Waals surface area (Å²) in [6, 6.07) is 1.73. The Bertz CT molecular complexity index is 255. The second-order valence-electron chi connectivity index (χ2n) is 2.14. The minimum absolute atomic E-state index is 0.0971. The summed E-state index contributed by atoms with van der Waals surface area (Å²) in [5.74, 6) is 0.0971. The van der Waals surface area contributed by atoms with E-state index in [1.54, 1.807) is 18.5 Å². The molecule has 1 heterocycles. The molecule has 1 rings (SSSR count). The van der Waals surface area contributed by atoms with Crippen LogP contribution in [0.15, 0.2) is 25.0 Å². The number of hydrogen-bond acceptors (Lipinski definition) is 2. The maximum atomic E-state index is 8.98. The van der Waals surface area contributed by atoms with E-state index in [0.29, 0.717) is 0 Å². The Labute approximate surface area is 59.9 Å². The molecule has 0 aliphatic rings. The van der Waals surface area contributed by atoms with Crippen molar-refractivity contribution >= 4 is 5.76 Å². The van der Waals surface area contributed by atoms with E-state index in [4.69, 9.17) is 5.11 Å². The van der Waals surface area contributed by atoms with Gasteiger partial charge in [0.05, 0.1) is 0 Å². The van der Waals surface area contributed by atoms with Crippen molar-refractivity contribution in [1.29, 1.82) is 0 Å². The van der Waals surface area contributed by atoms with Crippen molar-refractivity contribution < 1.29 is 5.11 Å². The van der Waals surface area contributed by atoms with Crippen LogP contribution < -0.4 is 0 Å². The maximum absolute atomic E-state index is 8.98. The summed E-state index contributed by atoms with van der Waals surface area (Å²) in [6.07, 6.45) is 3.32. The Morgan fingerprint density at radius 3 is 2.80 bits per heavy atom. The van der Waals surface area contributed by atoms with Gasteiger partial charge in [0, 0.05) is 18.0 Å². The number of aliphatic hydroxyl groups is 1. The molecule has 0 bridgehead atoms. The van der Waals surface area contributed by atoms with Crippen molar-refractivity contribution in [3.63, 3.8) is 0 Å². The van der Waals surface area contributed by atoms with E-state index >= 15 is 0 Å². The largest absolute Gasteiger partial charge is 0.508 e. The number of nitrogens with zero attached hydrogens (tertiary/aromatic N) is 1. The normalized spacial score (nSPS) is 9.30. The highest BCUT2D eigenvalue weighted by Gasteiger charge is 1.97. The van der Waals surface area contributed by atoms with E-state index in [1.165, 1.54) is 0 Å². The zero-order valence-electron chi connectivity index (χ0n) is 5.83. The summed E-state index contributed by atoms with van der Waals surface area (Å²) in [7, 11) is 0. The van der Waals surface area contributed by atoms with Gasteiger partial charge in [0.2, 0.25) is 0 Å². The monoisotopic (exact) mass is 135 g/mol. The zero-order chi connectivity index (χ0) is 7.56. The van der Waals surface area contributed by atoms with Gasteiger partial charge in [0.1, 0.15) is 5.76 Å². The van der Waals surface area contributed by atoms with Crippen LogP contribution in [0.2, 0.25) is 0 Å². The molecule has 1 N–H and O–H groups in total. The van der Waals surface area contributed by atoms with Crippen LogP contribution in [0.5, 0.6) is 0 Å². The molecular weight excluding hydrogens is 126 g/mol. The lowest BCUT2D eigenvalue weighted by atomic mass is 10.1. The molecule has 0 saturated carbocycles. The van der Waals surface area contributed by atoms with E-state index in [9.17, 15) is 0 Å². The van der Waals surface area contributed by atoms with Crippen LogP contribution in [0.4, 0.5) is 0 Å². The molecule has 0 unspecified atom stereocenters. The smallest absolute Gasteiger partial charge is 0.116 e. The molecular formula is C8H9NO. The van der Waals surface area contributed by atoms with Gasteiger partial charge in [-0.1, -0.05) is 6.58 Å². The van der Waals surface area contributed by atoms with Crippen LogP contribution in [0, 0.1) is 6.92 Å². The maximum Gasteiger partial charge on any atom is 0.116 e. The van der Waals surface area contributed by atoms with Gasteiger partial charge in [-0.2, -0.15) is 0 Å².